The molecule has 1 aromatic heterocycles. The van der Waals surface area contributed by atoms with Crippen LogP contribution in [0.5, 0.6) is 5.75 Å². The minimum absolute atomic E-state index is 0.0412. The van der Waals surface area contributed by atoms with Crippen molar-refractivity contribution in [2.45, 2.75) is 51.0 Å². The summed E-state index contributed by atoms with van der Waals surface area (Å²) >= 11 is 0. The van der Waals surface area contributed by atoms with Crippen molar-refractivity contribution in [3.63, 3.8) is 0 Å². The van der Waals surface area contributed by atoms with Crippen molar-refractivity contribution >= 4 is 5.84 Å². The minimum Gasteiger partial charge on any atom is -0.493 e. The number of unbranched alkanes of at least 4 members (excludes halogenated alkanes) is 1. The molecule has 148 valence electrons. The summed E-state index contributed by atoms with van der Waals surface area (Å²) in [5.41, 5.74) is 11.4. The van der Waals surface area contributed by atoms with Gasteiger partial charge in [-0.05, 0) is 35.7 Å². The molecule has 0 bridgehead atoms. The number of fused-ring (bicyclic) bond motifs is 1. The third-order valence-electron chi connectivity index (χ3n) is 5.73. The Balaban J connectivity index is 1.75. The van der Waals surface area contributed by atoms with Crippen LogP contribution in [0.1, 0.15) is 67.0 Å². The predicted octanol–water partition coefficient (Wildman–Crippen LogP) is 3.73. The second kappa shape index (κ2) is 8.74. The lowest BCUT2D eigenvalue weighted by Gasteiger charge is -2.22. The van der Waals surface area contributed by atoms with E-state index in [0.29, 0.717) is 0 Å². The van der Waals surface area contributed by atoms with Gasteiger partial charge in [-0.3, -0.25) is 9.98 Å². The largest absolute Gasteiger partial charge is 0.493 e. The molecule has 0 radical (unpaired) electrons. The fourth-order valence-corrected chi connectivity index (χ4v) is 4.20. The van der Waals surface area contributed by atoms with Crippen LogP contribution in [0.15, 0.2) is 41.5 Å². The molecular weight excluding hydrogens is 348 g/mol. The van der Waals surface area contributed by atoms with Gasteiger partial charge in [-0.15, -0.1) is 0 Å². The summed E-state index contributed by atoms with van der Waals surface area (Å²) in [7, 11) is 0. The number of ether oxygens (including phenoxy) is 1. The molecule has 2 atom stereocenters. The second-order valence-corrected chi connectivity index (χ2v) is 7.70. The smallest absolute Gasteiger partial charge is 0.123 e. The van der Waals surface area contributed by atoms with Crippen LogP contribution >= 0.6 is 0 Å². The van der Waals surface area contributed by atoms with Crippen LogP contribution in [-0.2, 0) is 6.42 Å². The normalized spacial score (nSPS) is 17.4. The van der Waals surface area contributed by atoms with Gasteiger partial charge in [-0.1, -0.05) is 31.9 Å². The molecule has 1 aromatic carbocycles. The van der Waals surface area contributed by atoms with Crippen LogP contribution in [0.25, 0.3) is 0 Å². The third kappa shape index (κ3) is 4.04. The van der Waals surface area contributed by atoms with E-state index in [0.717, 1.165) is 69.1 Å². The molecule has 0 saturated carbocycles. The summed E-state index contributed by atoms with van der Waals surface area (Å²) in [6, 6.07) is 10.7. The molecule has 4 rings (SSSR count). The topological polar surface area (TPSA) is 72.5 Å². The van der Waals surface area contributed by atoms with Gasteiger partial charge >= 0.3 is 0 Å². The Bertz CT molecular complexity index is 834. The highest BCUT2D eigenvalue weighted by Crippen LogP contribution is 2.39. The van der Waals surface area contributed by atoms with Crippen LogP contribution in [0.3, 0.4) is 0 Å². The molecular formula is C23H30N4O. The van der Waals surface area contributed by atoms with E-state index in [2.05, 4.69) is 41.5 Å². The molecule has 2 aromatic rings. The quantitative estimate of drug-likeness (QED) is 0.734. The lowest BCUT2D eigenvalue weighted by Crippen LogP contribution is -2.22. The lowest BCUT2D eigenvalue weighted by molar-refractivity contribution is 0.356. The molecule has 3 heterocycles. The molecule has 0 fully saturated rings. The van der Waals surface area contributed by atoms with E-state index in [1.54, 1.807) is 0 Å². The average molecular weight is 379 g/mol. The zero-order chi connectivity index (χ0) is 19.3. The van der Waals surface area contributed by atoms with Crippen molar-refractivity contribution in [2.24, 2.45) is 10.7 Å². The number of aromatic nitrogens is 1. The van der Waals surface area contributed by atoms with Crippen LogP contribution in [-0.4, -0.2) is 30.5 Å². The van der Waals surface area contributed by atoms with E-state index in [-0.39, 0.29) is 12.0 Å². The number of nitrogens with zero attached hydrogens (tertiary/aromatic N) is 2. The van der Waals surface area contributed by atoms with Crippen molar-refractivity contribution in [3.05, 3.63) is 58.9 Å². The maximum absolute atomic E-state index is 6.54. The van der Waals surface area contributed by atoms with Gasteiger partial charge in [0.2, 0.25) is 0 Å². The van der Waals surface area contributed by atoms with Gasteiger partial charge in [0.05, 0.1) is 19.0 Å². The maximum Gasteiger partial charge on any atom is 0.123 e. The van der Waals surface area contributed by atoms with Gasteiger partial charge in [0, 0.05) is 48.8 Å². The first-order chi connectivity index (χ1) is 13.8. The third-order valence-corrected chi connectivity index (χ3v) is 5.73. The second-order valence-electron chi connectivity index (χ2n) is 7.70. The van der Waals surface area contributed by atoms with E-state index < -0.39 is 0 Å². The Morgan fingerprint density at radius 2 is 2.21 bits per heavy atom. The van der Waals surface area contributed by atoms with E-state index >= 15 is 0 Å². The number of aliphatic imine (C=N–C) groups is 1. The Morgan fingerprint density at radius 1 is 1.29 bits per heavy atom. The minimum atomic E-state index is 0.0412. The molecule has 0 amide bonds. The first-order valence-corrected chi connectivity index (χ1v) is 10.5. The van der Waals surface area contributed by atoms with Gasteiger partial charge in [0.15, 0.2) is 0 Å². The summed E-state index contributed by atoms with van der Waals surface area (Å²) in [5, 5.41) is 3.43. The summed E-state index contributed by atoms with van der Waals surface area (Å²) in [6.07, 6.45) is 6.94. The number of amidine groups is 1. The number of rotatable bonds is 8. The molecule has 0 aliphatic carbocycles. The number of nitrogens with two attached hydrogens (primary N) is 1. The predicted molar refractivity (Wildman–Crippen MR) is 113 cm³/mol. The summed E-state index contributed by atoms with van der Waals surface area (Å²) in [5.74, 6) is 2.23. The average Bonchev–Trinajstić information content (AvgIpc) is 3.42. The highest BCUT2D eigenvalue weighted by molar-refractivity contribution is 5.84. The van der Waals surface area contributed by atoms with Crippen molar-refractivity contribution < 1.29 is 4.74 Å². The zero-order valence-corrected chi connectivity index (χ0v) is 16.7. The summed E-state index contributed by atoms with van der Waals surface area (Å²) < 4.78 is 5.97. The molecule has 2 aliphatic rings. The summed E-state index contributed by atoms with van der Waals surface area (Å²) in [4.78, 5) is 9.33. The van der Waals surface area contributed by atoms with Crippen molar-refractivity contribution in [2.75, 3.05) is 19.7 Å². The number of hydrogen-bond acceptors (Lipinski definition) is 5. The molecule has 3 N–H and O–H groups in total. The molecule has 5 nitrogen and oxygen atoms in total. The van der Waals surface area contributed by atoms with Crippen molar-refractivity contribution in [1.82, 2.24) is 10.3 Å². The molecule has 2 unspecified atom stereocenters. The van der Waals surface area contributed by atoms with E-state index in [9.17, 15) is 0 Å². The Hall–Kier alpha value is -2.40. The van der Waals surface area contributed by atoms with E-state index in [4.69, 9.17) is 15.5 Å². The fraction of sp³-hybridized carbons (Fsp3) is 0.478. The first kappa shape index (κ1) is 18.9. The number of pyridine rings is 1. The number of nitrogens with one attached hydrogen (secondary N) is 1. The van der Waals surface area contributed by atoms with Crippen LogP contribution < -0.4 is 15.8 Å². The Kier molecular flexibility index (Phi) is 5.91. The molecule has 5 heteroatoms. The van der Waals surface area contributed by atoms with Crippen LogP contribution in [0.2, 0.25) is 0 Å². The highest BCUT2D eigenvalue weighted by Gasteiger charge is 2.27. The fourth-order valence-electron chi connectivity index (χ4n) is 4.20. The van der Waals surface area contributed by atoms with Gasteiger partial charge in [-0.2, -0.15) is 0 Å². The van der Waals surface area contributed by atoms with Gasteiger partial charge in [-0.25, -0.2) is 0 Å². The zero-order valence-electron chi connectivity index (χ0n) is 16.7. The molecule has 0 spiro atoms. The van der Waals surface area contributed by atoms with E-state index in [1.165, 1.54) is 16.7 Å². The van der Waals surface area contributed by atoms with Crippen LogP contribution in [0.4, 0.5) is 0 Å². The highest BCUT2D eigenvalue weighted by atomic mass is 16.5. The van der Waals surface area contributed by atoms with Crippen molar-refractivity contribution in [3.8, 4) is 5.75 Å². The van der Waals surface area contributed by atoms with Crippen molar-refractivity contribution in [1.29, 1.82) is 0 Å². The molecule has 28 heavy (non-hydrogen) atoms. The lowest BCUT2D eigenvalue weighted by atomic mass is 9.84. The maximum atomic E-state index is 6.54. The monoisotopic (exact) mass is 378 g/mol. The standard InChI is InChI=1S/C23H30N4O/c1-2-3-6-20(24)16-13-18(17-8-12-28-22(17)14-16)19(15-23-26-10-11-27-23)21-7-4-5-9-25-21/h4-5,7,9,13-14,19-20H,2-3,6,8,10-12,15,24H2,1H3,(H,26,27). The van der Waals surface area contributed by atoms with Crippen LogP contribution in [0, 0.1) is 0 Å². The van der Waals surface area contributed by atoms with Gasteiger partial charge < -0.3 is 15.8 Å². The summed E-state index contributed by atoms with van der Waals surface area (Å²) in [6.45, 7) is 4.72. The van der Waals surface area contributed by atoms with E-state index in [1.807, 2.05) is 12.3 Å². The van der Waals surface area contributed by atoms with Gasteiger partial charge in [0.25, 0.3) is 0 Å². The Labute approximate surface area is 167 Å². The molecule has 2 aliphatic heterocycles. The number of benzene rings is 1. The first-order valence-electron chi connectivity index (χ1n) is 10.5. The number of hydrogen-bond donors (Lipinski definition) is 2. The van der Waals surface area contributed by atoms with Gasteiger partial charge in [0.1, 0.15) is 5.75 Å². The SMILES string of the molecule is CCCCC(N)c1cc2c(c(C(CC3=NCCN3)c3ccccn3)c1)CCO2. The Morgan fingerprint density at radius 3 is 2.96 bits per heavy atom. The molecule has 0 saturated heterocycles.